The third-order valence-electron chi connectivity index (χ3n) is 4.13. The van der Waals surface area contributed by atoms with Gasteiger partial charge in [0.1, 0.15) is 0 Å². The fourth-order valence-electron chi connectivity index (χ4n) is 3.02. The Hall–Kier alpha value is -1.39. The molecule has 1 fully saturated rings. The van der Waals surface area contributed by atoms with Crippen LogP contribution in [-0.2, 0) is 4.79 Å². The summed E-state index contributed by atoms with van der Waals surface area (Å²) in [4.78, 5) is 14.4. The lowest BCUT2D eigenvalue weighted by molar-refractivity contribution is -0.137. The highest BCUT2D eigenvalue weighted by Crippen LogP contribution is 2.32. The number of hydrogen-bond donors (Lipinski definition) is 2. The van der Waals surface area contributed by atoms with Gasteiger partial charge in [0, 0.05) is 19.1 Å². The lowest BCUT2D eigenvalue weighted by Gasteiger charge is -2.47. The molecular weight excluding hydrogens is 250 g/mol. The number of piperazine rings is 1. The Kier molecular flexibility index (Phi) is 4.16. The molecule has 0 bridgehead atoms. The van der Waals surface area contributed by atoms with Crippen LogP contribution in [0.1, 0.15) is 37.9 Å². The average molecular weight is 275 g/mol. The molecule has 3 N–H and O–H groups in total. The molecule has 1 saturated heterocycles. The summed E-state index contributed by atoms with van der Waals surface area (Å²) in [7, 11) is 0. The molecule has 1 aromatic rings. The Labute approximate surface area is 121 Å². The van der Waals surface area contributed by atoms with E-state index in [4.69, 9.17) is 5.73 Å². The number of rotatable bonds is 3. The van der Waals surface area contributed by atoms with Gasteiger partial charge in [0.2, 0.25) is 5.91 Å². The summed E-state index contributed by atoms with van der Waals surface area (Å²) in [5.41, 5.74) is 8.10. The van der Waals surface area contributed by atoms with Gasteiger partial charge in [-0.3, -0.25) is 9.69 Å². The van der Waals surface area contributed by atoms with Crippen molar-refractivity contribution in [1.29, 1.82) is 0 Å². The maximum Gasteiger partial charge on any atom is 0.240 e. The van der Waals surface area contributed by atoms with Crippen molar-refractivity contribution in [1.82, 2.24) is 10.2 Å². The maximum atomic E-state index is 12.2. The smallest absolute Gasteiger partial charge is 0.240 e. The third kappa shape index (κ3) is 2.72. The van der Waals surface area contributed by atoms with Gasteiger partial charge in [-0.2, -0.15) is 0 Å². The van der Waals surface area contributed by atoms with Crippen LogP contribution in [0.5, 0.6) is 0 Å². The van der Waals surface area contributed by atoms with E-state index in [1.165, 1.54) is 11.1 Å². The van der Waals surface area contributed by atoms with Crippen LogP contribution in [0.25, 0.3) is 0 Å². The molecular formula is C16H25N3O. The summed E-state index contributed by atoms with van der Waals surface area (Å²) >= 11 is 0. The summed E-state index contributed by atoms with van der Waals surface area (Å²) in [6.45, 7) is 9.51. The van der Waals surface area contributed by atoms with Gasteiger partial charge >= 0.3 is 0 Å². The topological polar surface area (TPSA) is 58.4 Å². The van der Waals surface area contributed by atoms with Crippen LogP contribution in [0.3, 0.4) is 0 Å². The maximum absolute atomic E-state index is 12.2. The van der Waals surface area contributed by atoms with Gasteiger partial charge in [0.15, 0.2) is 0 Å². The van der Waals surface area contributed by atoms with Crippen LogP contribution in [0.2, 0.25) is 0 Å². The van der Waals surface area contributed by atoms with Crippen LogP contribution in [0.4, 0.5) is 0 Å². The van der Waals surface area contributed by atoms with Crippen molar-refractivity contribution in [2.24, 2.45) is 5.73 Å². The van der Waals surface area contributed by atoms with Crippen molar-refractivity contribution in [2.45, 2.75) is 45.3 Å². The minimum absolute atomic E-state index is 0.0398. The molecule has 0 spiro atoms. The van der Waals surface area contributed by atoms with Gasteiger partial charge in [-0.25, -0.2) is 0 Å². The molecule has 1 aromatic carbocycles. The standard InChI is InChI=1S/C16H25N3O/c1-11-6-5-7-13(10-11)14(12(2)17)19-9-8-18-15(20)16(19,3)4/h5-7,10,12,14H,8-9,17H2,1-4H3,(H,18,20). The number of carbonyl (C=O) groups is 1. The summed E-state index contributed by atoms with van der Waals surface area (Å²) in [5, 5.41) is 2.94. The molecule has 2 rings (SSSR count). The fourth-order valence-corrected chi connectivity index (χ4v) is 3.02. The second kappa shape index (κ2) is 5.54. The van der Waals surface area contributed by atoms with E-state index in [1.807, 2.05) is 20.8 Å². The number of nitrogens with zero attached hydrogens (tertiary/aromatic N) is 1. The van der Waals surface area contributed by atoms with E-state index in [0.717, 1.165) is 6.54 Å². The zero-order valence-electron chi connectivity index (χ0n) is 12.8. The summed E-state index contributed by atoms with van der Waals surface area (Å²) in [6.07, 6.45) is 0. The molecule has 4 nitrogen and oxygen atoms in total. The van der Waals surface area contributed by atoms with Gasteiger partial charge in [0.25, 0.3) is 0 Å². The molecule has 0 aliphatic carbocycles. The fraction of sp³-hybridized carbons (Fsp3) is 0.562. The molecule has 0 saturated carbocycles. The molecule has 4 heteroatoms. The minimum atomic E-state index is -0.541. The highest BCUT2D eigenvalue weighted by molar-refractivity contribution is 5.86. The molecule has 1 aliphatic heterocycles. The Morgan fingerprint density at radius 2 is 2.10 bits per heavy atom. The monoisotopic (exact) mass is 275 g/mol. The van der Waals surface area contributed by atoms with Gasteiger partial charge in [-0.1, -0.05) is 29.8 Å². The van der Waals surface area contributed by atoms with Crippen molar-refractivity contribution in [2.75, 3.05) is 13.1 Å². The van der Waals surface area contributed by atoms with E-state index in [0.29, 0.717) is 6.54 Å². The Morgan fingerprint density at radius 3 is 2.70 bits per heavy atom. The predicted molar refractivity (Wildman–Crippen MR) is 81.4 cm³/mol. The molecule has 2 unspecified atom stereocenters. The molecule has 20 heavy (non-hydrogen) atoms. The summed E-state index contributed by atoms with van der Waals surface area (Å²) in [5.74, 6) is 0.0713. The molecule has 1 heterocycles. The number of carbonyl (C=O) groups excluding carboxylic acids is 1. The first-order chi connectivity index (χ1) is 9.34. The molecule has 1 amide bonds. The van der Waals surface area contributed by atoms with Gasteiger partial charge in [0.05, 0.1) is 11.6 Å². The third-order valence-corrected chi connectivity index (χ3v) is 4.13. The number of amides is 1. The average Bonchev–Trinajstić information content (AvgIpc) is 2.35. The molecule has 110 valence electrons. The number of nitrogens with two attached hydrogens (primary N) is 1. The lowest BCUT2D eigenvalue weighted by atomic mass is 9.90. The Morgan fingerprint density at radius 1 is 1.40 bits per heavy atom. The highest BCUT2D eigenvalue weighted by Gasteiger charge is 2.42. The van der Waals surface area contributed by atoms with E-state index in [1.54, 1.807) is 0 Å². The Bertz CT molecular complexity index is 496. The number of nitrogens with one attached hydrogen (secondary N) is 1. The van der Waals surface area contributed by atoms with Crippen LogP contribution in [-0.4, -0.2) is 35.5 Å². The van der Waals surface area contributed by atoms with Crippen LogP contribution in [0.15, 0.2) is 24.3 Å². The van der Waals surface area contributed by atoms with E-state index < -0.39 is 5.54 Å². The van der Waals surface area contributed by atoms with Crippen LogP contribution >= 0.6 is 0 Å². The first-order valence-corrected chi connectivity index (χ1v) is 7.21. The highest BCUT2D eigenvalue weighted by atomic mass is 16.2. The zero-order valence-corrected chi connectivity index (χ0v) is 12.8. The summed E-state index contributed by atoms with van der Waals surface area (Å²) in [6, 6.07) is 8.41. The summed E-state index contributed by atoms with van der Waals surface area (Å²) < 4.78 is 0. The first-order valence-electron chi connectivity index (χ1n) is 7.21. The van der Waals surface area contributed by atoms with Crippen molar-refractivity contribution in [3.05, 3.63) is 35.4 Å². The predicted octanol–water partition coefficient (Wildman–Crippen LogP) is 1.59. The Balaban J connectivity index is 2.40. The number of hydrogen-bond acceptors (Lipinski definition) is 3. The van der Waals surface area contributed by atoms with Gasteiger partial charge in [-0.15, -0.1) is 0 Å². The molecule has 0 radical (unpaired) electrons. The van der Waals surface area contributed by atoms with E-state index in [2.05, 4.69) is 41.4 Å². The lowest BCUT2D eigenvalue weighted by Crippen LogP contribution is -2.64. The normalized spacial score (nSPS) is 22.1. The zero-order chi connectivity index (χ0) is 14.9. The number of aryl methyl sites for hydroxylation is 1. The molecule has 2 atom stereocenters. The van der Waals surface area contributed by atoms with Crippen LogP contribution in [0, 0.1) is 6.92 Å². The van der Waals surface area contributed by atoms with Gasteiger partial charge < -0.3 is 11.1 Å². The van der Waals surface area contributed by atoms with Crippen molar-refractivity contribution >= 4 is 5.91 Å². The largest absolute Gasteiger partial charge is 0.353 e. The van der Waals surface area contributed by atoms with E-state index in [-0.39, 0.29) is 18.0 Å². The van der Waals surface area contributed by atoms with Gasteiger partial charge in [-0.05, 0) is 33.3 Å². The molecule has 0 aromatic heterocycles. The second-order valence-corrected chi connectivity index (χ2v) is 6.23. The first kappa shape index (κ1) is 15.0. The SMILES string of the molecule is Cc1cccc(C(C(C)N)N2CCNC(=O)C2(C)C)c1. The van der Waals surface area contributed by atoms with Crippen LogP contribution < -0.4 is 11.1 Å². The number of benzene rings is 1. The van der Waals surface area contributed by atoms with Crippen molar-refractivity contribution in [3.63, 3.8) is 0 Å². The van der Waals surface area contributed by atoms with Crippen molar-refractivity contribution < 1.29 is 4.79 Å². The quantitative estimate of drug-likeness (QED) is 0.881. The van der Waals surface area contributed by atoms with Crippen molar-refractivity contribution in [3.8, 4) is 0 Å². The van der Waals surface area contributed by atoms with E-state index >= 15 is 0 Å². The van der Waals surface area contributed by atoms with E-state index in [9.17, 15) is 4.79 Å². The second-order valence-electron chi connectivity index (χ2n) is 6.23. The molecule has 1 aliphatic rings. The minimum Gasteiger partial charge on any atom is -0.353 e.